The van der Waals surface area contributed by atoms with Crippen molar-refractivity contribution >= 4 is 47.3 Å². The van der Waals surface area contributed by atoms with Crippen LogP contribution in [0.25, 0.3) is 0 Å². The van der Waals surface area contributed by atoms with Crippen LogP contribution in [0.4, 0.5) is 4.39 Å². The first-order valence-electron chi connectivity index (χ1n) is 2.92. The lowest BCUT2D eigenvalue weighted by atomic mass is 10.3. The Morgan fingerprint density at radius 1 is 1.38 bits per heavy atom. The fourth-order valence-corrected chi connectivity index (χ4v) is 2.68. The lowest BCUT2D eigenvalue weighted by Crippen LogP contribution is -1.93. The first-order chi connectivity index (χ1) is 5.84. The summed E-state index contributed by atoms with van der Waals surface area (Å²) in [4.78, 5) is -0.316. The molecule has 2 nitrogen and oxygen atoms in total. The van der Waals surface area contributed by atoms with Gasteiger partial charge in [0, 0.05) is 10.7 Å². The summed E-state index contributed by atoms with van der Waals surface area (Å²) < 4.78 is 34.4. The molecule has 1 aromatic carbocycles. The summed E-state index contributed by atoms with van der Waals surface area (Å²) in [6, 6.07) is 1.97. The smallest absolute Gasteiger partial charge is 0.207 e. The minimum absolute atomic E-state index is 0.115. The molecule has 0 spiro atoms. The number of hydrogen-bond donors (Lipinski definition) is 0. The Hall–Kier alpha value is 0.160. The van der Waals surface area contributed by atoms with Crippen molar-refractivity contribution in [3.63, 3.8) is 0 Å². The van der Waals surface area contributed by atoms with E-state index in [0.29, 0.717) is 0 Å². The summed E-state index contributed by atoms with van der Waals surface area (Å²) in [6.45, 7) is 0. The van der Waals surface area contributed by atoms with Crippen molar-refractivity contribution in [3.8, 4) is 0 Å². The summed E-state index contributed by atoms with van der Waals surface area (Å²) in [5, 5.41) is -0.255. The fourth-order valence-electron chi connectivity index (χ4n) is 0.696. The average Bonchev–Trinajstić information content (AvgIpc) is 1.98. The standard InChI is InChI=1S/C6H2BrCl2FO2S/c7-5-3(10)1-2-4(6(5)8)13(9,11)12/h1-2H. The molecular weight excluding hydrogens is 306 g/mol. The molecule has 0 aliphatic heterocycles. The van der Waals surface area contributed by atoms with E-state index in [0.717, 1.165) is 12.1 Å². The van der Waals surface area contributed by atoms with Crippen molar-refractivity contribution in [1.29, 1.82) is 0 Å². The SMILES string of the molecule is O=S(=O)(Cl)c1ccc(F)c(Br)c1Cl. The molecule has 0 saturated heterocycles. The van der Waals surface area contributed by atoms with Crippen LogP contribution in [0.1, 0.15) is 0 Å². The lowest BCUT2D eigenvalue weighted by molar-refractivity contribution is 0.606. The largest absolute Gasteiger partial charge is 0.262 e. The highest BCUT2D eigenvalue weighted by Crippen LogP contribution is 2.33. The molecule has 0 bridgehead atoms. The van der Waals surface area contributed by atoms with Gasteiger partial charge in [0.2, 0.25) is 0 Å². The molecule has 13 heavy (non-hydrogen) atoms. The van der Waals surface area contributed by atoms with E-state index in [4.69, 9.17) is 22.3 Å². The topological polar surface area (TPSA) is 34.1 Å². The van der Waals surface area contributed by atoms with Gasteiger partial charge in [-0.05, 0) is 28.1 Å². The summed E-state index contributed by atoms with van der Waals surface area (Å²) in [5.41, 5.74) is 0. The van der Waals surface area contributed by atoms with Crippen molar-refractivity contribution in [2.75, 3.05) is 0 Å². The van der Waals surface area contributed by atoms with Crippen LogP contribution >= 0.6 is 38.2 Å². The Morgan fingerprint density at radius 3 is 2.38 bits per heavy atom. The molecule has 1 rings (SSSR count). The van der Waals surface area contributed by atoms with E-state index >= 15 is 0 Å². The summed E-state index contributed by atoms with van der Waals surface area (Å²) >= 11 is 8.33. The zero-order valence-electron chi connectivity index (χ0n) is 5.89. The Labute approximate surface area is 92.2 Å². The van der Waals surface area contributed by atoms with Gasteiger partial charge in [-0.1, -0.05) is 11.6 Å². The predicted molar refractivity (Wildman–Crippen MR) is 52.1 cm³/mol. The molecule has 0 aliphatic rings. The Kier molecular flexibility index (Phi) is 3.22. The molecule has 0 N–H and O–H groups in total. The maximum Gasteiger partial charge on any atom is 0.262 e. The summed E-state index contributed by atoms with van der Waals surface area (Å²) in [6.07, 6.45) is 0. The van der Waals surface area contributed by atoms with Crippen molar-refractivity contribution in [3.05, 3.63) is 27.4 Å². The van der Waals surface area contributed by atoms with Crippen LogP contribution in [0, 0.1) is 5.82 Å². The average molecular weight is 308 g/mol. The van der Waals surface area contributed by atoms with Crippen LogP contribution in [0.5, 0.6) is 0 Å². The minimum Gasteiger partial charge on any atom is -0.207 e. The molecule has 72 valence electrons. The molecule has 0 radical (unpaired) electrons. The summed E-state index contributed by atoms with van der Waals surface area (Å²) in [5.74, 6) is -0.644. The lowest BCUT2D eigenvalue weighted by Gasteiger charge is -2.02. The van der Waals surface area contributed by atoms with Crippen LogP contribution < -0.4 is 0 Å². The monoisotopic (exact) mass is 306 g/mol. The van der Waals surface area contributed by atoms with Gasteiger partial charge < -0.3 is 0 Å². The highest BCUT2D eigenvalue weighted by molar-refractivity contribution is 9.10. The third-order valence-electron chi connectivity index (χ3n) is 1.26. The van der Waals surface area contributed by atoms with Crippen LogP contribution in [0.3, 0.4) is 0 Å². The van der Waals surface area contributed by atoms with E-state index in [1.54, 1.807) is 0 Å². The van der Waals surface area contributed by atoms with E-state index in [1.165, 1.54) is 0 Å². The van der Waals surface area contributed by atoms with E-state index in [9.17, 15) is 12.8 Å². The molecule has 7 heteroatoms. The van der Waals surface area contributed by atoms with Gasteiger partial charge >= 0.3 is 0 Å². The maximum atomic E-state index is 12.8. The van der Waals surface area contributed by atoms with Crippen LogP contribution in [0.15, 0.2) is 21.5 Å². The highest BCUT2D eigenvalue weighted by atomic mass is 79.9. The van der Waals surface area contributed by atoms with Gasteiger partial charge in [-0.3, -0.25) is 0 Å². The molecule has 0 unspecified atom stereocenters. The van der Waals surface area contributed by atoms with E-state index in [-0.39, 0.29) is 14.4 Å². The molecule has 1 aromatic rings. The second-order valence-electron chi connectivity index (χ2n) is 2.11. The minimum atomic E-state index is -3.93. The molecule has 0 atom stereocenters. The quantitative estimate of drug-likeness (QED) is 0.590. The fraction of sp³-hybridized carbons (Fsp3) is 0. The van der Waals surface area contributed by atoms with E-state index in [1.807, 2.05) is 0 Å². The van der Waals surface area contributed by atoms with Gasteiger partial charge in [-0.2, -0.15) is 0 Å². The second-order valence-corrected chi connectivity index (χ2v) is 5.82. The molecule has 0 heterocycles. The molecule has 0 fully saturated rings. The van der Waals surface area contributed by atoms with Gasteiger partial charge in [0.1, 0.15) is 10.7 Å². The Balaban J connectivity index is 3.53. The molecule has 0 amide bonds. The first-order valence-corrected chi connectivity index (χ1v) is 6.40. The molecule has 0 aliphatic carbocycles. The van der Waals surface area contributed by atoms with Crippen LogP contribution in [0.2, 0.25) is 5.02 Å². The van der Waals surface area contributed by atoms with Crippen molar-refractivity contribution in [2.45, 2.75) is 4.90 Å². The first kappa shape index (κ1) is 11.2. The van der Waals surface area contributed by atoms with Crippen LogP contribution in [-0.4, -0.2) is 8.42 Å². The van der Waals surface area contributed by atoms with E-state index in [2.05, 4.69) is 15.9 Å². The normalized spacial score (nSPS) is 11.7. The van der Waals surface area contributed by atoms with Gasteiger partial charge in [-0.25, -0.2) is 12.8 Å². The van der Waals surface area contributed by atoms with Gasteiger partial charge in [0.05, 0.1) is 9.50 Å². The highest BCUT2D eigenvalue weighted by Gasteiger charge is 2.18. The van der Waals surface area contributed by atoms with E-state index < -0.39 is 14.9 Å². The van der Waals surface area contributed by atoms with Gasteiger partial charge in [0.25, 0.3) is 9.05 Å². The zero-order chi connectivity index (χ0) is 10.2. The number of hydrogen-bond acceptors (Lipinski definition) is 2. The predicted octanol–water partition coefficient (Wildman–Crippen LogP) is 3.17. The zero-order valence-corrected chi connectivity index (χ0v) is 9.81. The molecule has 0 aromatic heterocycles. The van der Waals surface area contributed by atoms with Crippen molar-refractivity contribution in [2.24, 2.45) is 0 Å². The second kappa shape index (κ2) is 3.73. The Bertz CT molecular complexity index is 446. The Morgan fingerprint density at radius 2 is 1.92 bits per heavy atom. The van der Waals surface area contributed by atoms with Gasteiger partial charge in [0.15, 0.2) is 0 Å². The third-order valence-corrected chi connectivity index (χ3v) is 4.13. The van der Waals surface area contributed by atoms with Crippen LogP contribution in [-0.2, 0) is 9.05 Å². The number of rotatable bonds is 1. The van der Waals surface area contributed by atoms with Gasteiger partial charge in [-0.15, -0.1) is 0 Å². The third kappa shape index (κ3) is 2.34. The number of benzene rings is 1. The molecular formula is C6H2BrCl2FO2S. The maximum absolute atomic E-state index is 12.8. The van der Waals surface area contributed by atoms with Crippen molar-refractivity contribution in [1.82, 2.24) is 0 Å². The molecule has 0 saturated carbocycles. The number of halogens is 4. The summed E-state index contributed by atoms with van der Waals surface area (Å²) in [7, 11) is 1.10. The van der Waals surface area contributed by atoms with Crippen molar-refractivity contribution < 1.29 is 12.8 Å².